The summed E-state index contributed by atoms with van der Waals surface area (Å²) in [5, 5.41) is 0.610. The molecule has 2 aromatic carbocycles. The van der Waals surface area contributed by atoms with Gasteiger partial charge >= 0.3 is 0 Å². The van der Waals surface area contributed by atoms with Gasteiger partial charge in [-0.15, -0.1) is 11.3 Å². The standard InChI is InChI=1S/C26H26ClF2NO2S2/c27-21-12-8-19(9-13-21)18-6-10-20(11-7-18)26(28,29)24(16-31)30-34-25-15-14-23(33-25)17-32-22-4-2-1-3-5-22/h6-16,22,24,30H,1-5,17H2. The van der Waals surface area contributed by atoms with Crippen LogP contribution < -0.4 is 4.72 Å². The molecule has 3 nitrogen and oxygen atoms in total. The number of rotatable bonds is 10. The Morgan fingerprint density at radius 2 is 1.68 bits per heavy atom. The molecule has 4 rings (SSSR count). The van der Waals surface area contributed by atoms with Crippen LogP contribution in [0.2, 0.25) is 5.02 Å². The summed E-state index contributed by atoms with van der Waals surface area (Å²) >= 11 is 8.45. The number of hydrogen-bond acceptors (Lipinski definition) is 5. The summed E-state index contributed by atoms with van der Waals surface area (Å²) in [5.74, 6) is -3.36. The van der Waals surface area contributed by atoms with Crippen LogP contribution in [0.15, 0.2) is 64.9 Å². The number of benzene rings is 2. The molecule has 0 bridgehead atoms. The molecule has 0 amide bonds. The summed E-state index contributed by atoms with van der Waals surface area (Å²) in [6.45, 7) is 0.531. The van der Waals surface area contributed by atoms with E-state index in [2.05, 4.69) is 4.72 Å². The second kappa shape index (κ2) is 11.8. The van der Waals surface area contributed by atoms with E-state index < -0.39 is 12.0 Å². The van der Waals surface area contributed by atoms with Crippen molar-refractivity contribution in [1.29, 1.82) is 0 Å². The van der Waals surface area contributed by atoms with Crippen LogP contribution in [-0.2, 0) is 22.1 Å². The molecule has 1 aromatic heterocycles. The Kier molecular flexibility index (Phi) is 8.77. The van der Waals surface area contributed by atoms with Gasteiger partial charge in [-0.25, -0.2) is 4.72 Å². The largest absolute Gasteiger partial charge is 0.373 e. The van der Waals surface area contributed by atoms with E-state index in [1.54, 1.807) is 24.3 Å². The third kappa shape index (κ3) is 6.46. The molecule has 0 aliphatic heterocycles. The molecule has 1 heterocycles. The van der Waals surface area contributed by atoms with Crippen LogP contribution in [0.3, 0.4) is 0 Å². The van der Waals surface area contributed by atoms with Gasteiger partial charge in [-0.1, -0.05) is 67.3 Å². The van der Waals surface area contributed by atoms with E-state index in [4.69, 9.17) is 16.3 Å². The van der Waals surface area contributed by atoms with E-state index in [1.807, 2.05) is 24.3 Å². The lowest BCUT2D eigenvalue weighted by Crippen LogP contribution is -2.41. The highest BCUT2D eigenvalue weighted by Gasteiger charge is 2.41. The molecule has 1 unspecified atom stereocenters. The number of ether oxygens (including phenoxy) is 1. The lowest BCUT2D eigenvalue weighted by molar-refractivity contribution is -0.119. The number of hydrogen-bond donors (Lipinski definition) is 1. The van der Waals surface area contributed by atoms with Crippen molar-refractivity contribution in [3.05, 3.63) is 76.1 Å². The molecule has 1 fully saturated rings. The molecule has 0 spiro atoms. The Hall–Kier alpha value is -1.77. The van der Waals surface area contributed by atoms with Crippen molar-refractivity contribution in [2.45, 2.75) is 61.0 Å². The minimum Gasteiger partial charge on any atom is -0.373 e. The summed E-state index contributed by atoms with van der Waals surface area (Å²) in [4.78, 5) is 12.6. The van der Waals surface area contributed by atoms with Crippen LogP contribution in [-0.4, -0.2) is 18.4 Å². The van der Waals surface area contributed by atoms with Gasteiger partial charge in [0.15, 0.2) is 0 Å². The molecule has 34 heavy (non-hydrogen) atoms. The Labute approximate surface area is 212 Å². The van der Waals surface area contributed by atoms with Gasteiger partial charge in [0.1, 0.15) is 12.3 Å². The third-order valence-corrected chi connectivity index (χ3v) is 8.23. The minimum atomic E-state index is -3.36. The maximum atomic E-state index is 15.1. The first-order valence-electron chi connectivity index (χ1n) is 11.3. The van der Waals surface area contributed by atoms with Gasteiger partial charge in [-0.3, -0.25) is 0 Å². The van der Waals surface area contributed by atoms with Gasteiger partial charge < -0.3 is 9.53 Å². The zero-order chi connectivity index (χ0) is 24.0. The smallest absolute Gasteiger partial charge is 0.295 e. The Morgan fingerprint density at radius 3 is 2.32 bits per heavy atom. The van der Waals surface area contributed by atoms with Crippen LogP contribution in [0, 0.1) is 0 Å². The molecule has 0 saturated heterocycles. The Balaban J connectivity index is 1.34. The average Bonchev–Trinajstić information content (AvgIpc) is 3.32. The second-order valence-electron chi connectivity index (χ2n) is 8.33. The number of alkyl halides is 2. The van der Waals surface area contributed by atoms with E-state index in [9.17, 15) is 4.79 Å². The van der Waals surface area contributed by atoms with Crippen LogP contribution in [0.25, 0.3) is 11.1 Å². The van der Waals surface area contributed by atoms with Crippen molar-refractivity contribution in [2.24, 2.45) is 0 Å². The highest BCUT2D eigenvalue weighted by atomic mass is 35.5. The second-order valence-corrected chi connectivity index (χ2v) is 11.1. The quantitative estimate of drug-likeness (QED) is 0.217. The first-order valence-corrected chi connectivity index (χ1v) is 13.3. The van der Waals surface area contributed by atoms with Crippen molar-refractivity contribution >= 4 is 41.2 Å². The summed E-state index contributed by atoms with van der Waals surface area (Å²) in [5.41, 5.74) is 1.45. The van der Waals surface area contributed by atoms with E-state index in [-0.39, 0.29) is 11.8 Å². The van der Waals surface area contributed by atoms with Crippen molar-refractivity contribution < 1.29 is 18.3 Å². The lowest BCUT2D eigenvalue weighted by Gasteiger charge is -2.23. The maximum Gasteiger partial charge on any atom is 0.295 e. The fourth-order valence-electron chi connectivity index (χ4n) is 3.94. The van der Waals surface area contributed by atoms with Gasteiger partial charge in [0, 0.05) is 15.5 Å². The molecule has 1 atom stereocenters. The van der Waals surface area contributed by atoms with Crippen LogP contribution >= 0.6 is 34.9 Å². The highest BCUT2D eigenvalue weighted by molar-refractivity contribution is 7.99. The van der Waals surface area contributed by atoms with Gasteiger partial charge in [-0.2, -0.15) is 8.78 Å². The fourth-order valence-corrected chi connectivity index (χ4v) is 5.94. The summed E-state index contributed by atoms with van der Waals surface area (Å²) in [7, 11) is 0. The van der Waals surface area contributed by atoms with Crippen molar-refractivity contribution in [3.8, 4) is 11.1 Å². The molecule has 180 valence electrons. The predicted molar refractivity (Wildman–Crippen MR) is 136 cm³/mol. The molecule has 1 N–H and O–H groups in total. The van der Waals surface area contributed by atoms with Crippen LogP contribution in [0.4, 0.5) is 8.78 Å². The average molecular weight is 522 g/mol. The van der Waals surface area contributed by atoms with Gasteiger partial charge in [-0.05, 0) is 60.2 Å². The van der Waals surface area contributed by atoms with E-state index in [0.29, 0.717) is 17.7 Å². The summed E-state index contributed by atoms with van der Waals surface area (Å²) in [6, 6.07) is 15.3. The van der Waals surface area contributed by atoms with Crippen LogP contribution in [0.5, 0.6) is 0 Å². The Morgan fingerprint density at radius 1 is 1.03 bits per heavy atom. The number of halogens is 3. The fraction of sp³-hybridized carbons (Fsp3) is 0.346. The van der Waals surface area contributed by atoms with E-state index in [0.717, 1.165) is 45.0 Å². The first kappa shape index (κ1) is 25.3. The SMILES string of the molecule is O=CC(NSc1ccc(COC2CCCCC2)s1)C(F)(F)c1ccc(-c2ccc(Cl)cc2)cc1. The van der Waals surface area contributed by atoms with Crippen molar-refractivity contribution in [1.82, 2.24) is 4.72 Å². The predicted octanol–water partition coefficient (Wildman–Crippen LogP) is 7.87. The monoisotopic (exact) mass is 521 g/mol. The number of aldehydes is 1. The molecule has 8 heteroatoms. The van der Waals surface area contributed by atoms with Crippen molar-refractivity contribution in [2.75, 3.05) is 0 Å². The third-order valence-electron chi connectivity index (χ3n) is 5.91. The topological polar surface area (TPSA) is 38.3 Å². The summed E-state index contributed by atoms with van der Waals surface area (Å²) < 4.78 is 39.6. The zero-order valence-corrected chi connectivity index (χ0v) is 20.9. The molecule has 0 radical (unpaired) electrons. The molecular formula is C26H26ClF2NO2S2. The summed E-state index contributed by atoms with van der Waals surface area (Å²) in [6.07, 6.45) is 6.49. The van der Waals surface area contributed by atoms with Gasteiger partial charge in [0.2, 0.25) is 0 Å². The van der Waals surface area contributed by atoms with Gasteiger partial charge in [0.05, 0.1) is 16.9 Å². The molecule has 1 saturated carbocycles. The molecule has 3 aromatic rings. The molecular weight excluding hydrogens is 496 g/mol. The van der Waals surface area contributed by atoms with E-state index in [1.165, 1.54) is 42.7 Å². The van der Waals surface area contributed by atoms with E-state index >= 15 is 8.78 Å². The number of thiophene rings is 1. The first-order chi connectivity index (χ1) is 16.5. The Bertz CT molecular complexity index is 1070. The molecule has 1 aliphatic rings. The number of nitrogens with one attached hydrogen (secondary N) is 1. The lowest BCUT2D eigenvalue weighted by atomic mass is 9.98. The minimum absolute atomic E-state index is 0.219. The van der Waals surface area contributed by atoms with Crippen molar-refractivity contribution in [3.63, 3.8) is 0 Å². The highest BCUT2D eigenvalue weighted by Crippen LogP contribution is 2.35. The number of carbonyl (C=O) groups excluding carboxylic acids is 1. The molecule has 1 aliphatic carbocycles. The van der Waals surface area contributed by atoms with Gasteiger partial charge in [0.25, 0.3) is 5.92 Å². The normalized spacial score (nSPS) is 15.9. The zero-order valence-electron chi connectivity index (χ0n) is 18.5. The number of carbonyl (C=O) groups is 1. The van der Waals surface area contributed by atoms with Crippen LogP contribution in [0.1, 0.15) is 42.5 Å². The maximum absolute atomic E-state index is 15.1.